The Morgan fingerprint density at radius 1 is 0.756 bits per heavy atom. The third-order valence-corrected chi connectivity index (χ3v) is 8.80. The number of benzene rings is 4. The van der Waals surface area contributed by atoms with Gasteiger partial charge in [-0.15, -0.1) is 40.1 Å². The summed E-state index contributed by atoms with van der Waals surface area (Å²) in [5, 5.41) is 5.63. The molecule has 1 aliphatic heterocycles. The molecule has 41 heavy (non-hydrogen) atoms. The molecule has 208 valence electrons. The second kappa shape index (κ2) is 15.1. The molecule has 0 fully saturated rings. The molecule has 0 amide bonds. The molecule has 0 bridgehead atoms. The molecule has 1 aliphatic rings. The first kappa shape index (κ1) is 32.1. The topological polar surface area (TPSA) is 0 Å². The van der Waals surface area contributed by atoms with Crippen molar-refractivity contribution < 1.29 is 20.8 Å². The molecule has 4 heteroatoms. The normalized spacial score (nSPS) is 11.5. The SMILES string of the molecule is CC(C)Cc1cc2c(-c3ccccc3C(C)C)c(C(C)C)ccc2[cH-]1.[Cl][Zr+2][Cl].[c-]1cccc2c1[Si]c1ccccc1-2. The van der Waals surface area contributed by atoms with Crippen molar-refractivity contribution in [1.82, 2.24) is 0 Å². The van der Waals surface area contributed by atoms with Gasteiger partial charge in [0.2, 0.25) is 0 Å². The zero-order valence-corrected chi connectivity index (χ0v) is 29.8. The van der Waals surface area contributed by atoms with E-state index < -0.39 is 20.8 Å². The first-order valence-electron chi connectivity index (χ1n) is 14.4. The Bertz CT molecular complexity index is 1540. The summed E-state index contributed by atoms with van der Waals surface area (Å²) < 4.78 is 0. The van der Waals surface area contributed by atoms with Gasteiger partial charge in [0.1, 0.15) is 0 Å². The number of hydrogen-bond donors (Lipinski definition) is 0. The molecule has 0 N–H and O–H groups in total. The Labute approximate surface area is 268 Å². The van der Waals surface area contributed by atoms with Gasteiger partial charge >= 0.3 is 37.9 Å². The summed E-state index contributed by atoms with van der Waals surface area (Å²) in [6.45, 7) is 13.8. The van der Waals surface area contributed by atoms with Crippen LogP contribution in [0.3, 0.4) is 0 Å². The molecule has 0 unspecified atom stereocenters. The summed E-state index contributed by atoms with van der Waals surface area (Å²) in [5.41, 5.74) is 10.0. The molecule has 0 aromatic heterocycles. The van der Waals surface area contributed by atoms with E-state index in [2.05, 4.69) is 133 Å². The van der Waals surface area contributed by atoms with Crippen LogP contribution in [0.2, 0.25) is 0 Å². The predicted molar refractivity (Wildman–Crippen MR) is 179 cm³/mol. The number of rotatable bonds is 5. The zero-order chi connectivity index (χ0) is 29.5. The average Bonchev–Trinajstić information content (AvgIpc) is 3.53. The maximum Gasteiger partial charge on any atom is 0.0920 e. The number of fused-ring (bicyclic) bond motifs is 4. The van der Waals surface area contributed by atoms with Gasteiger partial charge in [-0.25, -0.2) is 0 Å². The first-order valence-corrected chi connectivity index (χ1v) is 21.7. The van der Waals surface area contributed by atoms with E-state index in [0.717, 1.165) is 15.9 Å². The largest absolute Gasteiger partial charge is 0.184 e. The van der Waals surface area contributed by atoms with Crippen LogP contribution in [0, 0.1) is 12.0 Å². The monoisotopic (exact) mass is 670 g/mol. The van der Waals surface area contributed by atoms with Crippen LogP contribution in [-0.2, 0) is 27.3 Å². The van der Waals surface area contributed by atoms with Gasteiger partial charge in [-0.1, -0.05) is 112 Å². The van der Waals surface area contributed by atoms with Gasteiger partial charge < -0.3 is 0 Å². The summed E-state index contributed by atoms with van der Waals surface area (Å²) in [6, 6.07) is 36.6. The Morgan fingerprint density at radius 2 is 1.39 bits per heavy atom. The Kier molecular flexibility index (Phi) is 11.8. The van der Waals surface area contributed by atoms with Crippen LogP contribution in [-0.4, -0.2) is 9.52 Å². The third kappa shape index (κ3) is 7.77. The maximum atomic E-state index is 4.93. The molecular weight excluding hydrogens is 635 g/mol. The van der Waals surface area contributed by atoms with Crippen LogP contribution in [0.4, 0.5) is 0 Å². The molecule has 5 aromatic rings. The van der Waals surface area contributed by atoms with Crippen molar-refractivity contribution in [3.8, 4) is 22.3 Å². The summed E-state index contributed by atoms with van der Waals surface area (Å²) in [6.07, 6.45) is 1.15. The maximum absolute atomic E-state index is 4.93. The van der Waals surface area contributed by atoms with E-state index >= 15 is 0 Å². The van der Waals surface area contributed by atoms with Gasteiger partial charge in [-0.3, -0.25) is 0 Å². The fraction of sp³-hybridized carbons (Fsp3) is 0.270. The standard InChI is InChI=1S/C25H31.C12H7Si.2ClH.Zr/c1-16(2)13-19-14-20-11-12-22(18(5)6)25(24(20)15-19)23-10-8-7-9-21(23)17(3)4;1-3-7-11-9(5-1)10-6-2-4-8-12(10)13-11;;;/h7-12,14-18H,13H2,1-6H3;1-7H;2*1H;/q2*-1;;;+4/p-2. The first-order chi connectivity index (χ1) is 19.7. The van der Waals surface area contributed by atoms with Crippen molar-refractivity contribution >= 4 is 47.7 Å². The minimum atomic E-state index is -0.826. The second-order valence-corrected chi connectivity index (χ2v) is 16.6. The second-order valence-electron chi connectivity index (χ2n) is 11.6. The van der Waals surface area contributed by atoms with E-state index in [1.165, 1.54) is 60.1 Å². The number of halogens is 2. The van der Waals surface area contributed by atoms with E-state index in [1.807, 2.05) is 6.07 Å². The summed E-state index contributed by atoms with van der Waals surface area (Å²) in [5.74, 6) is 1.73. The van der Waals surface area contributed by atoms with E-state index in [-0.39, 0.29) is 0 Å². The van der Waals surface area contributed by atoms with Gasteiger partial charge in [0.25, 0.3) is 0 Å². The van der Waals surface area contributed by atoms with Crippen molar-refractivity contribution in [3.63, 3.8) is 0 Å². The Morgan fingerprint density at radius 3 is 2.07 bits per heavy atom. The summed E-state index contributed by atoms with van der Waals surface area (Å²) in [7, 11) is 10.7. The molecule has 5 aromatic carbocycles. The van der Waals surface area contributed by atoms with Crippen molar-refractivity contribution in [3.05, 3.63) is 114 Å². The van der Waals surface area contributed by atoms with Gasteiger partial charge in [0, 0.05) is 0 Å². The molecular formula is C37H38Cl2SiZr. The van der Waals surface area contributed by atoms with E-state index in [4.69, 9.17) is 17.0 Å². The molecule has 0 nitrogen and oxygen atoms in total. The smallest absolute Gasteiger partial charge is 0.0920 e. The molecule has 0 atom stereocenters. The van der Waals surface area contributed by atoms with Crippen molar-refractivity contribution in [2.24, 2.45) is 5.92 Å². The summed E-state index contributed by atoms with van der Waals surface area (Å²) in [4.78, 5) is 0. The predicted octanol–water partition coefficient (Wildman–Crippen LogP) is 10.2. The van der Waals surface area contributed by atoms with Crippen molar-refractivity contribution in [1.29, 1.82) is 0 Å². The zero-order valence-electron chi connectivity index (χ0n) is 24.9. The fourth-order valence-corrected chi connectivity index (χ4v) is 7.00. The van der Waals surface area contributed by atoms with Crippen LogP contribution < -0.4 is 10.4 Å². The van der Waals surface area contributed by atoms with Crippen LogP contribution in [0.5, 0.6) is 0 Å². The summed E-state index contributed by atoms with van der Waals surface area (Å²) >= 11 is -0.826. The van der Waals surface area contributed by atoms with Gasteiger partial charge in [-0.05, 0) is 35.3 Å². The molecule has 0 aliphatic carbocycles. The van der Waals surface area contributed by atoms with Crippen LogP contribution in [0.1, 0.15) is 70.1 Å². The number of hydrogen-bond acceptors (Lipinski definition) is 0. The molecule has 0 saturated carbocycles. The van der Waals surface area contributed by atoms with Gasteiger partial charge in [-0.2, -0.15) is 35.5 Å². The fourth-order valence-electron chi connectivity index (χ4n) is 5.69. The van der Waals surface area contributed by atoms with Gasteiger partial charge in [0.05, 0.1) is 9.52 Å². The van der Waals surface area contributed by atoms with Gasteiger partial charge in [0.15, 0.2) is 0 Å². The molecule has 1 heterocycles. The minimum Gasteiger partial charge on any atom is -0.184 e. The van der Waals surface area contributed by atoms with E-state index in [0.29, 0.717) is 17.8 Å². The van der Waals surface area contributed by atoms with E-state index in [1.54, 1.807) is 0 Å². The van der Waals surface area contributed by atoms with Crippen LogP contribution in [0.15, 0.2) is 91.0 Å². The molecule has 0 spiro atoms. The van der Waals surface area contributed by atoms with Crippen molar-refractivity contribution in [2.45, 2.75) is 59.8 Å². The quantitative estimate of drug-likeness (QED) is 0.126. The minimum absolute atomic E-state index is 0.517. The molecule has 2 radical (unpaired) electrons. The third-order valence-electron chi connectivity index (χ3n) is 7.43. The Hall–Kier alpha value is -1.83. The molecule has 6 rings (SSSR count). The average molecular weight is 673 g/mol. The van der Waals surface area contributed by atoms with Crippen LogP contribution in [0.25, 0.3) is 33.0 Å². The van der Waals surface area contributed by atoms with Crippen LogP contribution >= 0.6 is 17.0 Å². The Balaban J connectivity index is 0.000000200. The van der Waals surface area contributed by atoms with Crippen molar-refractivity contribution in [2.75, 3.05) is 0 Å². The molecule has 0 saturated heterocycles. The van der Waals surface area contributed by atoms with E-state index in [9.17, 15) is 0 Å².